The van der Waals surface area contributed by atoms with Gasteiger partial charge in [0, 0.05) is 24.4 Å². The van der Waals surface area contributed by atoms with Gasteiger partial charge in [-0.2, -0.15) is 0 Å². The van der Waals surface area contributed by atoms with Crippen LogP contribution in [-0.2, 0) is 22.6 Å². The average molecular weight is 404 g/mol. The van der Waals surface area contributed by atoms with Crippen molar-refractivity contribution in [2.24, 2.45) is 0 Å². The summed E-state index contributed by atoms with van der Waals surface area (Å²) in [7, 11) is 1.64. The second kappa shape index (κ2) is 9.47. The molecule has 1 saturated heterocycles. The molecule has 1 N–H and O–H groups in total. The summed E-state index contributed by atoms with van der Waals surface area (Å²) in [6.45, 7) is 8.08. The number of hydrogen-bond donors (Lipinski definition) is 1. The van der Waals surface area contributed by atoms with E-state index in [-0.39, 0.29) is 17.3 Å². The van der Waals surface area contributed by atoms with Gasteiger partial charge >= 0.3 is 0 Å². The van der Waals surface area contributed by atoms with Gasteiger partial charge in [0.05, 0.1) is 30.7 Å². The average Bonchev–Trinajstić information content (AvgIpc) is 3.30. The van der Waals surface area contributed by atoms with E-state index in [1.807, 2.05) is 38.1 Å². The van der Waals surface area contributed by atoms with E-state index in [0.717, 1.165) is 53.9 Å². The first-order valence-electron chi connectivity index (χ1n) is 9.71. The van der Waals surface area contributed by atoms with Gasteiger partial charge in [-0.05, 0) is 39.7 Å². The number of nitrogens with one attached hydrogen (secondary N) is 1. The summed E-state index contributed by atoms with van der Waals surface area (Å²) in [5, 5.41) is 3.64. The second-order valence-electron chi connectivity index (χ2n) is 7.10. The Labute approximate surface area is 171 Å². The number of rotatable bonds is 8. The van der Waals surface area contributed by atoms with Crippen LogP contribution in [0.5, 0.6) is 5.75 Å². The third-order valence-electron chi connectivity index (χ3n) is 5.13. The van der Waals surface area contributed by atoms with Crippen LogP contribution in [-0.4, -0.2) is 40.5 Å². The Hall–Kier alpha value is -1.99. The predicted octanol–water partition coefficient (Wildman–Crippen LogP) is 3.48. The summed E-state index contributed by atoms with van der Waals surface area (Å²) in [4.78, 5) is 17.3. The van der Waals surface area contributed by atoms with Crippen LogP contribution >= 0.6 is 11.8 Å². The number of para-hydroxylation sites is 1. The van der Waals surface area contributed by atoms with Gasteiger partial charge < -0.3 is 19.4 Å². The molecule has 0 radical (unpaired) electrons. The molecule has 7 heteroatoms. The highest BCUT2D eigenvalue weighted by molar-refractivity contribution is 8.00. The Bertz CT molecular complexity index is 815. The summed E-state index contributed by atoms with van der Waals surface area (Å²) in [6, 6.07) is 7.71. The van der Waals surface area contributed by atoms with E-state index in [4.69, 9.17) is 14.5 Å². The molecule has 1 aliphatic rings. The Morgan fingerprint density at radius 3 is 2.93 bits per heavy atom. The molecule has 1 aliphatic heterocycles. The number of thioether (sulfide) groups is 1. The summed E-state index contributed by atoms with van der Waals surface area (Å²) < 4.78 is 13.3. The zero-order valence-corrected chi connectivity index (χ0v) is 17.8. The van der Waals surface area contributed by atoms with Crippen molar-refractivity contribution < 1.29 is 14.3 Å². The Morgan fingerprint density at radius 2 is 2.21 bits per heavy atom. The molecular formula is C21H29N3O3S. The van der Waals surface area contributed by atoms with Crippen LogP contribution in [0.25, 0.3) is 0 Å². The lowest BCUT2D eigenvalue weighted by Gasteiger charge is -2.17. The standard InChI is InChI=1S/C21H29N3O3S/c1-14-15(2)24(13-18-9-7-11-27-18)21(23-14)28-16(3)20(25)22-12-17-8-5-6-10-19(17)26-4/h5-6,8,10,16,18H,7,9,11-13H2,1-4H3,(H,22,25). The van der Waals surface area contributed by atoms with Crippen LogP contribution in [0, 0.1) is 13.8 Å². The molecular weight excluding hydrogens is 374 g/mol. The van der Waals surface area contributed by atoms with Gasteiger partial charge in [0.1, 0.15) is 5.75 Å². The zero-order valence-electron chi connectivity index (χ0n) is 17.0. The topological polar surface area (TPSA) is 65.4 Å². The van der Waals surface area contributed by atoms with Crippen LogP contribution in [0.3, 0.4) is 0 Å². The smallest absolute Gasteiger partial charge is 0.233 e. The van der Waals surface area contributed by atoms with Gasteiger partial charge in [0.15, 0.2) is 5.16 Å². The largest absolute Gasteiger partial charge is 0.496 e. The quantitative estimate of drug-likeness (QED) is 0.684. The Balaban J connectivity index is 1.62. The number of aryl methyl sites for hydroxylation is 1. The molecule has 0 saturated carbocycles. The van der Waals surface area contributed by atoms with Gasteiger partial charge in [-0.1, -0.05) is 30.0 Å². The number of methoxy groups -OCH3 is 1. The third-order valence-corrected chi connectivity index (χ3v) is 6.22. The maximum atomic E-state index is 12.6. The Kier molecular flexibility index (Phi) is 7.02. The monoisotopic (exact) mass is 403 g/mol. The molecule has 0 spiro atoms. The highest BCUT2D eigenvalue weighted by Gasteiger charge is 2.23. The molecule has 2 atom stereocenters. The minimum absolute atomic E-state index is 0.0159. The van der Waals surface area contributed by atoms with Crippen molar-refractivity contribution in [2.75, 3.05) is 13.7 Å². The molecule has 2 aromatic rings. The number of hydrogen-bond acceptors (Lipinski definition) is 5. The second-order valence-corrected chi connectivity index (χ2v) is 8.41. The number of imidazole rings is 1. The number of aromatic nitrogens is 2. The van der Waals surface area contributed by atoms with Gasteiger partial charge in [0.25, 0.3) is 0 Å². The first kappa shape index (κ1) is 20.7. The minimum atomic E-state index is -0.251. The van der Waals surface area contributed by atoms with Gasteiger partial charge in [0.2, 0.25) is 5.91 Å². The molecule has 6 nitrogen and oxygen atoms in total. The van der Waals surface area contributed by atoms with E-state index in [2.05, 4.69) is 16.8 Å². The van der Waals surface area contributed by atoms with Gasteiger partial charge in [-0.3, -0.25) is 4.79 Å². The number of ether oxygens (including phenoxy) is 2. The van der Waals surface area contributed by atoms with Gasteiger partial charge in [-0.25, -0.2) is 4.98 Å². The SMILES string of the molecule is COc1ccccc1CNC(=O)C(C)Sc1nc(C)c(C)n1CC1CCCO1. The molecule has 2 heterocycles. The third kappa shape index (κ3) is 4.89. The highest BCUT2D eigenvalue weighted by atomic mass is 32.2. The van der Waals surface area contributed by atoms with Crippen molar-refractivity contribution in [3.05, 3.63) is 41.2 Å². The zero-order chi connectivity index (χ0) is 20.1. The van der Waals surface area contributed by atoms with Crippen LogP contribution < -0.4 is 10.1 Å². The highest BCUT2D eigenvalue weighted by Crippen LogP contribution is 2.27. The molecule has 152 valence electrons. The van der Waals surface area contributed by atoms with E-state index in [1.165, 1.54) is 11.8 Å². The molecule has 1 aromatic carbocycles. The normalized spacial score (nSPS) is 17.5. The van der Waals surface area contributed by atoms with Crippen molar-refractivity contribution in [2.45, 2.75) is 63.2 Å². The molecule has 2 unspecified atom stereocenters. The van der Waals surface area contributed by atoms with Crippen LogP contribution in [0.1, 0.15) is 36.7 Å². The molecule has 1 aromatic heterocycles. The van der Waals surface area contributed by atoms with E-state index < -0.39 is 0 Å². The number of benzene rings is 1. The fourth-order valence-corrected chi connectivity index (χ4v) is 4.34. The number of carbonyl (C=O) groups is 1. The van der Waals surface area contributed by atoms with Crippen molar-refractivity contribution in [1.82, 2.24) is 14.9 Å². The fraction of sp³-hybridized carbons (Fsp3) is 0.524. The van der Waals surface area contributed by atoms with Crippen LogP contribution in [0.15, 0.2) is 29.4 Å². The van der Waals surface area contributed by atoms with Crippen molar-refractivity contribution >= 4 is 17.7 Å². The Morgan fingerprint density at radius 1 is 1.43 bits per heavy atom. The number of carbonyl (C=O) groups excluding carboxylic acids is 1. The van der Waals surface area contributed by atoms with Gasteiger partial charge in [-0.15, -0.1) is 0 Å². The lowest BCUT2D eigenvalue weighted by molar-refractivity contribution is -0.120. The van der Waals surface area contributed by atoms with E-state index in [9.17, 15) is 4.79 Å². The summed E-state index contributed by atoms with van der Waals surface area (Å²) in [5.41, 5.74) is 3.10. The lowest BCUT2D eigenvalue weighted by atomic mass is 10.2. The maximum Gasteiger partial charge on any atom is 0.233 e. The number of amides is 1. The summed E-state index contributed by atoms with van der Waals surface area (Å²) in [6.07, 6.45) is 2.43. The molecule has 0 bridgehead atoms. The molecule has 28 heavy (non-hydrogen) atoms. The van der Waals surface area contributed by atoms with Crippen molar-refractivity contribution in [1.29, 1.82) is 0 Å². The number of nitrogens with zero attached hydrogens (tertiary/aromatic N) is 2. The molecule has 1 fully saturated rings. The van der Waals surface area contributed by atoms with E-state index in [0.29, 0.717) is 6.54 Å². The molecule has 1 amide bonds. The van der Waals surface area contributed by atoms with E-state index in [1.54, 1.807) is 7.11 Å². The fourth-order valence-electron chi connectivity index (χ4n) is 3.31. The van der Waals surface area contributed by atoms with Crippen molar-refractivity contribution in [3.63, 3.8) is 0 Å². The van der Waals surface area contributed by atoms with Crippen LogP contribution in [0.2, 0.25) is 0 Å². The van der Waals surface area contributed by atoms with Crippen molar-refractivity contribution in [3.8, 4) is 5.75 Å². The van der Waals surface area contributed by atoms with E-state index >= 15 is 0 Å². The predicted molar refractivity (Wildman–Crippen MR) is 111 cm³/mol. The lowest BCUT2D eigenvalue weighted by Crippen LogP contribution is -2.31. The van der Waals surface area contributed by atoms with Crippen LogP contribution in [0.4, 0.5) is 0 Å². The first-order chi connectivity index (χ1) is 13.5. The first-order valence-corrected chi connectivity index (χ1v) is 10.6. The minimum Gasteiger partial charge on any atom is -0.496 e. The summed E-state index contributed by atoms with van der Waals surface area (Å²) in [5.74, 6) is 0.763. The maximum absolute atomic E-state index is 12.6. The molecule has 0 aliphatic carbocycles. The molecule has 3 rings (SSSR count). The summed E-state index contributed by atoms with van der Waals surface area (Å²) >= 11 is 1.49.